The first kappa shape index (κ1) is 14.8. The fraction of sp³-hybridized carbons (Fsp3) is 0.667. The molecule has 1 rings (SSSR count). The van der Waals surface area contributed by atoms with Crippen LogP contribution in [0, 0.1) is 5.92 Å². The number of nitrogens with one attached hydrogen (secondary N) is 1. The van der Waals surface area contributed by atoms with Crippen molar-refractivity contribution >= 4 is 27.7 Å². The van der Waals surface area contributed by atoms with Gasteiger partial charge in [0, 0.05) is 0 Å². The highest BCUT2D eigenvalue weighted by Gasteiger charge is 2.12. The minimum atomic E-state index is -0.0798. The Morgan fingerprint density at radius 3 is 2.53 bits per heavy atom. The van der Waals surface area contributed by atoms with Gasteiger partial charge in [-0.3, -0.25) is 4.79 Å². The lowest BCUT2D eigenvalue weighted by Gasteiger charge is -2.09. The van der Waals surface area contributed by atoms with Crippen LogP contribution in [0.15, 0.2) is 9.27 Å². The smallest absolute Gasteiger partial charge is 0.265 e. The van der Waals surface area contributed by atoms with Crippen LogP contribution in [-0.2, 0) is 5.75 Å². The number of aromatic amines is 1. The molecule has 0 atom stereocenters. The molecule has 0 aromatic carbocycles. The van der Waals surface area contributed by atoms with Crippen molar-refractivity contribution in [3.8, 4) is 0 Å². The molecule has 96 valence electrons. The van der Waals surface area contributed by atoms with E-state index < -0.39 is 0 Å². The van der Waals surface area contributed by atoms with Crippen molar-refractivity contribution in [2.75, 3.05) is 5.75 Å². The summed E-state index contributed by atoms with van der Waals surface area (Å²) >= 11 is 5.09. The SMILES string of the molecule is CC(C)CSCc1nc(C(C)C)c(Br)c(=O)[nH]1. The molecule has 0 aliphatic heterocycles. The molecule has 5 heteroatoms. The molecule has 0 unspecified atom stereocenters. The third-order valence-corrected chi connectivity index (χ3v) is 4.32. The van der Waals surface area contributed by atoms with E-state index in [9.17, 15) is 4.79 Å². The van der Waals surface area contributed by atoms with Gasteiger partial charge >= 0.3 is 0 Å². The van der Waals surface area contributed by atoms with Gasteiger partial charge in [-0.1, -0.05) is 27.7 Å². The Hall–Kier alpha value is -0.290. The van der Waals surface area contributed by atoms with Crippen LogP contribution in [0.5, 0.6) is 0 Å². The third kappa shape index (κ3) is 4.47. The van der Waals surface area contributed by atoms with Crippen molar-refractivity contribution in [2.45, 2.75) is 39.4 Å². The number of hydrogen-bond donors (Lipinski definition) is 1. The van der Waals surface area contributed by atoms with E-state index in [1.807, 2.05) is 13.8 Å². The van der Waals surface area contributed by atoms with Crippen LogP contribution in [0.1, 0.15) is 45.1 Å². The zero-order valence-corrected chi connectivity index (χ0v) is 13.1. The van der Waals surface area contributed by atoms with Crippen LogP contribution in [0.2, 0.25) is 0 Å². The standard InChI is InChI=1S/C12H19BrN2OS/c1-7(2)5-17-6-9-14-11(8(3)4)10(13)12(16)15-9/h7-8H,5-6H2,1-4H3,(H,14,15,16). The van der Waals surface area contributed by atoms with Crippen molar-refractivity contribution < 1.29 is 0 Å². The third-order valence-electron chi connectivity index (χ3n) is 2.17. The fourth-order valence-corrected chi connectivity index (χ4v) is 2.93. The van der Waals surface area contributed by atoms with Crippen LogP contribution in [-0.4, -0.2) is 15.7 Å². The van der Waals surface area contributed by atoms with Gasteiger partial charge in [0.2, 0.25) is 0 Å². The Bertz CT molecular complexity index is 429. The van der Waals surface area contributed by atoms with E-state index in [0.29, 0.717) is 10.4 Å². The second-order valence-corrected chi connectivity index (χ2v) is 6.60. The number of nitrogens with zero attached hydrogens (tertiary/aromatic N) is 1. The van der Waals surface area contributed by atoms with Crippen molar-refractivity contribution in [1.29, 1.82) is 0 Å². The number of H-pyrrole nitrogens is 1. The lowest BCUT2D eigenvalue weighted by Crippen LogP contribution is -2.16. The summed E-state index contributed by atoms with van der Waals surface area (Å²) in [6.07, 6.45) is 0. The van der Waals surface area contributed by atoms with Gasteiger partial charge in [-0.2, -0.15) is 11.8 Å². The fourth-order valence-electron chi connectivity index (χ4n) is 1.37. The summed E-state index contributed by atoms with van der Waals surface area (Å²) in [5.74, 6) is 3.52. The molecule has 0 aliphatic carbocycles. The predicted octanol–water partition coefficient (Wildman–Crippen LogP) is 3.55. The maximum atomic E-state index is 11.7. The van der Waals surface area contributed by atoms with E-state index in [1.54, 1.807) is 11.8 Å². The van der Waals surface area contributed by atoms with Gasteiger partial charge < -0.3 is 4.98 Å². The molecule has 17 heavy (non-hydrogen) atoms. The number of aromatic nitrogens is 2. The molecule has 1 aromatic rings. The van der Waals surface area contributed by atoms with E-state index in [2.05, 4.69) is 39.7 Å². The van der Waals surface area contributed by atoms with Gasteiger partial charge in [-0.25, -0.2) is 4.98 Å². The summed E-state index contributed by atoms with van der Waals surface area (Å²) in [6.45, 7) is 8.45. The lowest BCUT2D eigenvalue weighted by atomic mass is 10.1. The van der Waals surface area contributed by atoms with Crippen molar-refractivity contribution in [3.63, 3.8) is 0 Å². The average Bonchev–Trinajstić information content (AvgIpc) is 2.22. The Morgan fingerprint density at radius 2 is 2.00 bits per heavy atom. The average molecular weight is 319 g/mol. The summed E-state index contributed by atoms with van der Waals surface area (Å²) in [4.78, 5) is 19.0. The van der Waals surface area contributed by atoms with Gasteiger partial charge in [-0.15, -0.1) is 0 Å². The molecule has 1 N–H and O–H groups in total. The Balaban J connectivity index is 2.84. The maximum absolute atomic E-state index is 11.7. The van der Waals surface area contributed by atoms with Crippen LogP contribution in [0.25, 0.3) is 0 Å². The van der Waals surface area contributed by atoms with Crippen molar-refractivity contribution in [3.05, 3.63) is 26.3 Å². The van der Waals surface area contributed by atoms with Gasteiger partial charge in [0.25, 0.3) is 5.56 Å². The van der Waals surface area contributed by atoms with E-state index in [4.69, 9.17) is 0 Å². The van der Waals surface area contributed by atoms with Crippen LogP contribution < -0.4 is 5.56 Å². The Kier molecular flexibility index (Phi) is 5.73. The van der Waals surface area contributed by atoms with Crippen molar-refractivity contribution in [2.24, 2.45) is 5.92 Å². The Morgan fingerprint density at radius 1 is 1.35 bits per heavy atom. The molecular formula is C12H19BrN2OS. The number of thioether (sulfide) groups is 1. The normalized spacial score (nSPS) is 11.5. The highest BCUT2D eigenvalue weighted by molar-refractivity contribution is 9.10. The van der Waals surface area contributed by atoms with Gasteiger partial charge in [0.1, 0.15) is 10.3 Å². The van der Waals surface area contributed by atoms with Gasteiger partial charge in [-0.05, 0) is 33.5 Å². The highest BCUT2D eigenvalue weighted by atomic mass is 79.9. The molecule has 0 radical (unpaired) electrons. The van der Waals surface area contributed by atoms with E-state index in [-0.39, 0.29) is 11.5 Å². The largest absolute Gasteiger partial charge is 0.309 e. The molecule has 1 heterocycles. The van der Waals surface area contributed by atoms with Gasteiger partial charge in [0.15, 0.2) is 0 Å². The maximum Gasteiger partial charge on any atom is 0.265 e. The minimum absolute atomic E-state index is 0.0798. The molecule has 0 saturated heterocycles. The monoisotopic (exact) mass is 318 g/mol. The molecule has 0 saturated carbocycles. The lowest BCUT2D eigenvalue weighted by molar-refractivity contribution is 0.748. The topological polar surface area (TPSA) is 45.8 Å². The second kappa shape index (κ2) is 6.59. The molecule has 1 aromatic heterocycles. The molecular weight excluding hydrogens is 300 g/mol. The van der Waals surface area contributed by atoms with E-state index >= 15 is 0 Å². The number of rotatable bonds is 5. The van der Waals surface area contributed by atoms with Crippen LogP contribution in [0.3, 0.4) is 0 Å². The van der Waals surface area contributed by atoms with E-state index in [1.165, 1.54) is 0 Å². The molecule has 0 aliphatic rings. The zero-order valence-electron chi connectivity index (χ0n) is 10.7. The first-order valence-corrected chi connectivity index (χ1v) is 7.73. The molecule has 0 fully saturated rings. The van der Waals surface area contributed by atoms with Crippen molar-refractivity contribution in [1.82, 2.24) is 9.97 Å². The zero-order chi connectivity index (χ0) is 13.0. The summed E-state index contributed by atoms with van der Waals surface area (Å²) < 4.78 is 0.560. The molecule has 0 bridgehead atoms. The van der Waals surface area contributed by atoms with Gasteiger partial charge in [0.05, 0.1) is 11.4 Å². The van der Waals surface area contributed by atoms with Crippen LogP contribution in [0.4, 0.5) is 0 Å². The summed E-state index contributed by atoms with van der Waals surface area (Å²) in [6, 6.07) is 0. The number of halogens is 1. The van der Waals surface area contributed by atoms with Crippen LogP contribution >= 0.6 is 27.7 Å². The summed E-state index contributed by atoms with van der Waals surface area (Å²) in [5, 5.41) is 0. The predicted molar refractivity (Wildman–Crippen MR) is 77.6 cm³/mol. The minimum Gasteiger partial charge on any atom is -0.309 e. The highest BCUT2D eigenvalue weighted by Crippen LogP contribution is 2.20. The Labute approximate surface area is 115 Å². The second-order valence-electron chi connectivity index (χ2n) is 4.78. The number of hydrogen-bond acceptors (Lipinski definition) is 3. The first-order chi connectivity index (χ1) is 7.91. The van der Waals surface area contributed by atoms with E-state index in [0.717, 1.165) is 23.0 Å². The molecule has 3 nitrogen and oxygen atoms in total. The molecule has 0 amide bonds. The first-order valence-electron chi connectivity index (χ1n) is 5.78. The summed E-state index contributed by atoms with van der Waals surface area (Å²) in [5.41, 5.74) is 0.762. The summed E-state index contributed by atoms with van der Waals surface area (Å²) in [7, 11) is 0. The quantitative estimate of drug-likeness (QED) is 0.903. The molecule has 0 spiro atoms.